The van der Waals surface area contributed by atoms with Crippen LogP contribution in [0.2, 0.25) is 0 Å². The highest BCUT2D eigenvalue weighted by atomic mass is 32.1. The van der Waals surface area contributed by atoms with Gasteiger partial charge in [-0.25, -0.2) is 0 Å². The Kier molecular flexibility index (Phi) is 20.1. The van der Waals surface area contributed by atoms with Gasteiger partial charge in [-0.15, -0.1) is 45.3 Å². The number of hydrogen-bond donors (Lipinski definition) is 0. The number of nitrogens with zero attached hydrogens (tertiary/aromatic N) is 4. The monoisotopic (exact) mass is 1200 g/mol. The lowest BCUT2D eigenvalue weighted by Crippen LogP contribution is -2.27. The van der Waals surface area contributed by atoms with Crippen LogP contribution in [-0.4, -0.2) is 17.5 Å². The molecule has 0 atom stereocenters. The summed E-state index contributed by atoms with van der Waals surface area (Å²) >= 11 is 10.9. The topological polar surface area (TPSA) is 51.6 Å². The largest absolute Gasteiger partial charge is 0.173 e. The SMILES string of the molecule is CCCCCCc1cc(C)sc1-c1cc2sc(-c3sc(-c4cc5c(c6nsnc46)-c4cc6c(cc4C5(CCCCCC)CCCCCC)-c4c(cc(C)c5nsnc45)C6(CCCCCC)CCCCCC)cc3CCCCCC)cc2s1. The van der Waals surface area contributed by atoms with E-state index < -0.39 is 0 Å². The number of rotatable bonds is 33. The van der Waals surface area contributed by atoms with Gasteiger partial charge in [-0.2, -0.15) is 17.5 Å². The highest BCUT2D eigenvalue weighted by molar-refractivity contribution is 7.33. The zero-order valence-electron chi connectivity index (χ0n) is 51.1. The van der Waals surface area contributed by atoms with Gasteiger partial charge in [-0.1, -0.05) is 189 Å². The molecule has 0 N–H and O–H groups in total. The molecule has 0 radical (unpaired) electrons. The molecule has 11 rings (SSSR count). The number of aromatic nitrogens is 4. The molecule has 2 aliphatic carbocycles. The Morgan fingerprint density at radius 3 is 1.23 bits per heavy atom. The molecule has 2 aliphatic rings. The van der Waals surface area contributed by atoms with E-state index in [0.717, 1.165) is 41.3 Å². The summed E-state index contributed by atoms with van der Waals surface area (Å²) < 4.78 is 24.0. The third-order valence-electron chi connectivity index (χ3n) is 19.1. The van der Waals surface area contributed by atoms with E-state index in [1.54, 1.807) is 16.7 Å². The highest BCUT2D eigenvalue weighted by Crippen LogP contribution is 2.64. The van der Waals surface area contributed by atoms with Crippen LogP contribution in [0.4, 0.5) is 0 Å². The molecule has 3 aromatic carbocycles. The molecule has 6 heterocycles. The van der Waals surface area contributed by atoms with E-state index in [1.807, 2.05) is 45.3 Å². The number of aryl methyl sites for hydroxylation is 4. The minimum atomic E-state index is -0.138. The third-order valence-corrected chi connectivity index (χ3v) is 25.1. The van der Waals surface area contributed by atoms with Crippen molar-refractivity contribution in [2.24, 2.45) is 0 Å². The Bertz CT molecular complexity index is 3530. The molecule has 0 bridgehead atoms. The van der Waals surface area contributed by atoms with Gasteiger partial charge in [0, 0.05) is 66.2 Å². The number of benzene rings is 3. The second-order valence-electron chi connectivity index (χ2n) is 25.0. The van der Waals surface area contributed by atoms with Crippen molar-refractivity contribution in [3.63, 3.8) is 0 Å². The van der Waals surface area contributed by atoms with Crippen molar-refractivity contribution in [1.82, 2.24) is 17.5 Å². The molecule has 9 aromatic rings. The van der Waals surface area contributed by atoms with Gasteiger partial charge in [0.25, 0.3) is 0 Å². The average molecular weight is 1210 g/mol. The standard InChI is InChI=1S/C72H92N4S6/c1-9-15-21-27-33-49-40-48(8)77-69(49)61-45-59-60(78-61)46-62(79-59)70-50(34-28-22-16-10-2)41-58(80-70)53-44-57-64(68-66(53)74-82-76-68)52-43-54-51(42-55(52)72(57,37-31-25-19-13-5)38-32-26-20-14-6)63-56(39-47(7)65-67(63)75-81-73-65)71(54,35-29-23-17-11-3)36-30-24-18-12-4/h39-46H,9-38H2,1-8H3. The zero-order valence-corrected chi connectivity index (χ0v) is 56.0. The van der Waals surface area contributed by atoms with E-state index in [4.69, 9.17) is 17.5 Å². The fourth-order valence-electron chi connectivity index (χ4n) is 14.8. The zero-order chi connectivity index (χ0) is 56.8. The lowest BCUT2D eigenvalue weighted by atomic mass is 9.68. The number of thiophene rings is 4. The van der Waals surface area contributed by atoms with Gasteiger partial charge in [-0.05, 0) is 158 Å². The second-order valence-corrected chi connectivity index (χ2v) is 30.5. The summed E-state index contributed by atoms with van der Waals surface area (Å²) in [5.74, 6) is 0. The van der Waals surface area contributed by atoms with Crippen LogP contribution in [0, 0.1) is 13.8 Å². The van der Waals surface area contributed by atoms with Gasteiger partial charge < -0.3 is 0 Å². The predicted octanol–water partition coefficient (Wildman–Crippen LogP) is 25.4. The molecule has 0 aliphatic heterocycles. The Morgan fingerprint density at radius 2 is 0.744 bits per heavy atom. The lowest BCUT2D eigenvalue weighted by Gasteiger charge is -2.35. The minimum Gasteiger partial charge on any atom is -0.173 e. The van der Waals surface area contributed by atoms with Gasteiger partial charge in [0.15, 0.2) is 0 Å². The van der Waals surface area contributed by atoms with E-state index in [1.165, 1.54) is 286 Å². The maximum absolute atomic E-state index is 5.48. The van der Waals surface area contributed by atoms with Crippen LogP contribution in [0.25, 0.3) is 83.7 Å². The van der Waals surface area contributed by atoms with Crippen molar-refractivity contribution < 1.29 is 0 Å². The van der Waals surface area contributed by atoms with E-state index in [0.29, 0.717) is 0 Å². The molecule has 4 nitrogen and oxygen atoms in total. The summed E-state index contributed by atoms with van der Waals surface area (Å²) in [5.41, 5.74) is 21.8. The fraction of sp³-hybridized carbons (Fsp3) is 0.556. The van der Waals surface area contributed by atoms with E-state index >= 15 is 0 Å². The molecule has 0 spiro atoms. The molecule has 82 heavy (non-hydrogen) atoms. The van der Waals surface area contributed by atoms with Crippen molar-refractivity contribution in [1.29, 1.82) is 0 Å². The number of unbranched alkanes of at least 4 members (excludes halogenated alkanes) is 18. The van der Waals surface area contributed by atoms with E-state index in [9.17, 15) is 0 Å². The molecule has 6 aromatic heterocycles. The van der Waals surface area contributed by atoms with E-state index in [2.05, 4.69) is 104 Å². The molecule has 0 amide bonds. The summed E-state index contributed by atoms with van der Waals surface area (Å²) in [5, 5.41) is 0. The predicted molar refractivity (Wildman–Crippen MR) is 366 cm³/mol. The van der Waals surface area contributed by atoms with E-state index in [-0.39, 0.29) is 10.8 Å². The van der Waals surface area contributed by atoms with Crippen LogP contribution in [0.15, 0.2) is 48.5 Å². The summed E-state index contributed by atoms with van der Waals surface area (Å²) in [6.45, 7) is 18.7. The first kappa shape index (κ1) is 60.1. The Hall–Kier alpha value is -3.64. The first-order chi connectivity index (χ1) is 40.2. The van der Waals surface area contributed by atoms with Crippen molar-refractivity contribution in [2.45, 2.75) is 259 Å². The van der Waals surface area contributed by atoms with Gasteiger partial charge in [0.1, 0.15) is 22.1 Å². The molecular formula is C72H92N4S6. The molecular weight excluding hydrogens is 1110 g/mol. The Labute approximate surface area is 517 Å². The molecule has 436 valence electrons. The molecule has 0 saturated heterocycles. The first-order valence-electron chi connectivity index (χ1n) is 32.7. The second kappa shape index (κ2) is 27.4. The van der Waals surface area contributed by atoms with Gasteiger partial charge in [0.2, 0.25) is 0 Å². The number of hydrogen-bond acceptors (Lipinski definition) is 10. The smallest absolute Gasteiger partial charge is 0.114 e. The first-order valence-corrected chi connectivity index (χ1v) is 37.5. The number of fused-ring (bicyclic) bond motifs is 11. The van der Waals surface area contributed by atoms with Crippen LogP contribution < -0.4 is 0 Å². The summed E-state index contributed by atoms with van der Waals surface area (Å²) in [7, 11) is 0. The van der Waals surface area contributed by atoms with Gasteiger partial charge >= 0.3 is 0 Å². The summed E-state index contributed by atoms with van der Waals surface area (Å²) in [4.78, 5) is 8.67. The van der Waals surface area contributed by atoms with Crippen LogP contribution in [0.1, 0.15) is 265 Å². The highest BCUT2D eigenvalue weighted by Gasteiger charge is 2.50. The maximum atomic E-state index is 5.48. The fourth-order valence-corrected chi connectivity index (χ4v) is 21.0. The van der Waals surface area contributed by atoms with Gasteiger partial charge in [0.05, 0.1) is 23.5 Å². The van der Waals surface area contributed by atoms with Crippen LogP contribution in [0.3, 0.4) is 0 Å². The maximum Gasteiger partial charge on any atom is 0.114 e. The molecule has 0 saturated carbocycles. The van der Waals surface area contributed by atoms with Crippen LogP contribution in [-0.2, 0) is 23.7 Å². The molecule has 0 fully saturated rings. The quantitative estimate of drug-likeness (QED) is 0.0385. The van der Waals surface area contributed by atoms with Crippen LogP contribution >= 0.6 is 68.8 Å². The molecule has 0 unspecified atom stereocenters. The van der Waals surface area contributed by atoms with Crippen molar-refractivity contribution >= 4 is 100 Å². The minimum absolute atomic E-state index is 0.0740. The van der Waals surface area contributed by atoms with Crippen LogP contribution in [0.5, 0.6) is 0 Å². The third kappa shape index (κ3) is 11.7. The van der Waals surface area contributed by atoms with Crippen molar-refractivity contribution in [3.8, 4) is 52.2 Å². The Balaban J connectivity index is 1.08. The van der Waals surface area contributed by atoms with Crippen molar-refractivity contribution in [3.05, 3.63) is 92.4 Å². The summed E-state index contributed by atoms with van der Waals surface area (Å²) in [6, 6.07) is 21.0. The van der Waals surface area contributed by atoms with Gasteiger partial charge in [-0.3, -0.25) is 0 Å². The molecule has 10 heteroatoms. The van der Waals surface area contributed by atoms with Crippen molar-refractivity contribution in [2.75, 3.05) is 0 Å². The normalized spacial score (nSPS) is 14.0. The summed E-state index contributed by atoms with van der Waals surface area (Å²) in [6.07, 6.45) is 37.4. The lowest BCUT2D eigenvalue weighted by molar-refractivity contribution is 0.397. The average Bonchev–Trinajstić information content (AvgIpc) is 1.67. The Morgan fingerprint density at radius 1 is 0.341 bits per heavy atom.